The van der Waals surface area contributed by atoms with E-state index in [0.29, 0.717) is 51.2 Å². The number of likely N-dealkylation sites (tertiary alicyclic amines) is 1. The van der Waals surface area contributed by atoms with Gasteiger partial charge in [-0.25, -0.2) is 0 Å². The molecule has 0 unspecified atom stereocenters. The largest absolute Gasteiger partial charge is 0.339 e. The number of fused-ring (bicyclic) bond motifs is 2. The Balaban J connectivity index is 1.52. The van der Waals surface area contributed by atoms with Crippen LogP contribution in [0.5, 0.6) is 0 Å². The molecular formula is C26H22ClN3O3. The van der Waals surface area contributed by atoms with Gasteiger partial charge in [0.15, 0.2) is 5.43 Å². The molecule has 1 N–H and O–H groups in total. The Hall–Kier alpha value is -3.64. The van der Waals surface area contributed by atoms with E-state index in [1.807, 2.05) is 41.0 Å². The first-order valence-electron chi connectivity index (χ1n) is 10.9. The number of carbonyl (C=O) groups is 2. The van der Waals surface area contributed by atoms with Crippen molar-refractivity contribution in [1.29, 1.82) is 0 Å². The Labute approximate surface area is 195 Å². The molecule has 1 saturated heterocycles. The second-order valence-corrected chi connectivity index (χ2v) is 8.62. The van der Waals surface area contributed by atoms with Gasteiger partial charge in [-0.1, -0.05) is 35.9 Å². The molecule has 0 aliphatic carbocycles. The number of hydrogen-bond donors (Lipinski definition) is 1. The number of para-hydroxylation sites is 2. The highest BCUT2D eigenvalue weighted by Crippen LogP contribution is 2.25. The van der Waals surface area contributed by atoms with Crippen LogP contribution in [0, 0.1) is 0 Å². The van der Waals surface area contributed by atoms with Crippen LogP contribution in [0.15, 0.2) is 71.5 Å². The second kappa shape index (κ2) is 8.71. The SMILES string of the molecule is O=C(Cn1c2ccccc2c(=O)c2ccccc21)Nc1cc(Cl)ccc1C(=O)N1CCCC1. The summed E-state index contributed by atoms with van der Waals surface area (Å²) in [5, 5.41) is 4.42. The van der Waals surface area contributed by atoms with E-state index in [4.69, 9.17) is 11.6 Å². The number of aromatic nitrogens is 1. The minimum absolute atomic E-state index is 0.0227. The molecule has 33 heavy (non-hydrogen) atoms. The highest BCUT2D eigenvalue weighted by molar-refractivity contribution is 6.31. The van der Waals surface area contributed by atoms with Gasteiger partial charge in [0.2, 0.25) is 5.91 Å². The van der Waals surface area contributed by atoms with Crippen molar-refractivity contribution in [3.8, 4) is 0 Å². The molecule has 1 aliphatic rings. The van der Waals surface area contributed by atoms with Gasteiger partial charge >= 0.3 is 0 Å². The van der Waals surface area contributed by atoms with Gasteiger partial charge in [0.1, 0.15) is 6.54 Å². The quantitative estimate of drug-likeness (QED) is 0.450. The van der Waals surface area contributed by atoms with Crippen LogP contribution in [0.2, 0.25) is 5.02 Å². The molecule has 4 aromatic rings. The summed E-state index contributed by atoms with van der Waals surface area (Å²) in [5.41, 5.74) is 2.10. The van der Waals surface area contributed by atoms with Gasteiger partial charge in [-0.3, -0.25) is 14.4 Å². The molecule has 0 bridgehead atoms. The van der Waals surface area contributed by atoms with E-state index >= 15 is 0 Å². The van der Waals surface area contributed by atoms with Gasteiger partial charge in [0, 0.05) is 28.9 Å². The van der Waals surface area contributed by atoms with Crippen LogP contribution in [-0.2, 0) is 11.3 Å². The van der Waals surface area contributed by atoms with Crippen LogP contribution >= 0.6 is 11.6 Å². The van der Waals surface area contributed by atoms with E-state index in [1.54, 1.807) is 35.2 Å². The minimum Gasteiger partial charge on any atom is -0.339 e. The molecule has 0 atom stereocenters. The molecule has 7 heteroatoms. The van der Waals surface area contributed by atoms with Gasteiger partial charge in [-0.2, -0.15) is 0 Å². The molecule has 1 aromatic heterocycles. The maximum Gasteiger partial charge on any atom is 0.255 e. The molecule has 6 nitrogen and oxygen atoms in total. The molecule has 2 amide bonds. The van der Waals surface area contributed by atoms with E-state index < -0.39 is 0 Å². The topological polar surface area (TPSA) is 71.4 Å². The summed E-state index contributed by atoms with van der Waals surface area (Å²) in [5.74, 6) is -0.426. The van der Waals surface area contributed by atoms with Crippen molar-refractivity contribution in [3.63, 3.8) is 0 Å². The van der Waals surface area contributed by atoms with E-state index in [0.717, 1.165) is 12.8 Å². The molecule has 3 aromatic carbocycles. The van der Waals surface area contributed by atoms with E-state index in [1.165, 1.54) is 0 Å². The van der Waals surface area contributed by atoms with Crippen LogP contribution in [0.3, 0.4) is 0 Å². The van der Waals surface area contributed by atoms with Crippen LogP contribution < -0.4 is 10.7 Å². The van der Waals surface area contributed by atoms with Crippen molar-refractivity contribution in [2.24, 2.45) is 0 Å². The molecule has 1 fully saturated rings. The number of halogens is 1. The summed E-state index contributed by atoms with van der Waals surface area (Å²) in [6.45, 7) is 1.40. The number of anilines is 1. The summed E-state index contributed by atoms with van der Waals surface area (Å²) >= 11 is 6.18. The number of nitrogens with one attached hydrogen (secondary N) is 1. The predicted molar refractivity (Wildman–Crippen MR) is 131 cm³/mol. The Kier molecular flexibility index (Phi) is 5.60. The summed E-state index contributed by atoms with van der Waals surface area (Å²) < 4.78 is 1.83. The van der Waals surface area contributed by atoms with Gasteiger partial charge in [-0.05, 0) is 55.3 Å². The fraction of sp³-hybridized carbons (Fsp3) is 0.192. The second-order valence-electron chi connectivity index (χ2n) is 8.19. The zero-order valence-corrected chi connectivity index (χ0v) is 18.6. The van der Waals surface area contributed by atoms with Crippen molar-refractivity contribution in [1.82, 2.24) is 9.47 Å². The lowest BCUT2D eigenvalue weighted by atomic mass is 10.1. The Morgan fingerprint density at radius 1 is 0.879 bits per heavy atom. The van der Waals surface area contributed by atoms with Crippen molar-refractivity contribution in [2.75, 3.05) is 18.4 Å². The molecule has 0 saturated carbocycles. The maximum atomic E-state index is 13.2. The van der Waals surface area contributed by atoms with Crippen molar-refractivity contribution in [3.05, 3.63) is 87.5 Å². The monoisotopic (exact) mass is 459 g/mol. The van der Waals surface area contributed by atoms with Crippen LogP contribution in [0.4, 0.5) is 5.69 Å². The van der Waals surface area contributed by atoms with E-state index in [2.05, 4.69) is 5.32 Å². The third-order valence-corrected chi connectivity index (χ3v) is 6.30. The summed E-state index contributed by atoms with van der Waals surface area (Å²) in [7, 11) is 0. The fourth-order valence-corrected chi connectivity index (χ4v) is 4.65. The number of carbonyl (C=O) groups excluding carboxylic acids is 2. The average molecular weight is 460 g/mol. The van der Waals surface area contributed by atoms with Crippen LogP contribution in [0.1, 0.15) is 23.2 Å². The molecule has 0 spiro atoms. The van der Waals surface area contributed by atoms with Crippen molar-refractivity contribution >= 4 is 50.9 Å². The number of amides is 2. The Bertz CT molecular complexity index is 1390. The van der Waals surface area contributed by atoms with Gasteiger partial charge in [0.05, 0.1) is 22.3 Å². The van der Waals surface area contributed by atoms with E-state index in [9.17, 15) is 14.4 Å². The molecule has 0 radical (unpaired) electrons. The number of hydrogen-bond acceptors (Lipinski definition) is 3. The molecular weight excluding hydrogens is 438 g/mol. The molecule has 1 aliphatic heterocycles. The van der Waals surface area contributed by atoms with Crippen molar-refractivity contribution in [2.45, 2.75) is 19.4 Å². The normalized spacial score (nSPS) is 13.5. The lowest BCUT2D eigenvalue weighted by molar-refractivity contribution is -0.116. The minimum atomic E-state index is -0.313. The Morgan fingerprint density at radius 3 is 2.12 bits per heavy atom. The Morgan fingerprint density at radius 2 is 1.48 bits per heavy atom. The summed E-state index contributed by atoms with van der Waals surface area (Å²) in [4.78, 5) is 40.9. The van der Waals surface area contributed by atoms with Crippen molar-refractivity contribution < 1.29 is 9.59 Å². The number of nitrogens with zero attached hydrogens (tertiary/aromatic N) is 2. The van der Waals surface area contributed by atoms with Crippen LogP contribution in [-0.4, -0.2) is 34.4 Å². The summed E-state index contributed by atoms with van der Waals surface area (Å²) in [6, 6.07) is 19.4. The third-order valence-electron chi connectivity index (χ3n) is 6.06. The fourth-order valence-electron chi connectivity index (χ4n) is 4.48. The zero-order valence-electron chi connectivity index (χ0n) is 17.9. The summed E-state index contributed by atoms with van der Waals surface area (Å²) in [6.07, 6.45) is 1.96. The maximum absolute atomic E-state index is 13.2. The first-order valence-corrected chi connectivity index (χ1v) is 11.3. The average Bonchev–Trinajstić information content (AvgIpc) is 3.37. The standard InChI is InChI=1S/C26H22ClN3O3/c27-17-11-12-18(26(33)29-13-5-6-14-29)21(15-17)28-24(31)16-30-22-9-3-1-7-19(22)25(32)20-8-2-4-10-23(20)30/h1-4,7-12,15H,5-6,13-14,16H2,(H,28,31). The molecule has 5 rings (SSSR count). The zero-order chi connectivity index (χ0) is 22.9. The highest BCUT2D eigenvalue weighted by atomic mass is 35.5. The van der Waals surface area contributed by atoms with E-state index in [-0.39, 0.29) is 23.8 Å². The predicted octanol–water partition coefficient (Wildman–Crippen LogP) is 4.68. The smallest absolute Gasteiger partial charge is 0.255 e. The van der Waals surface area contributed by atoms with Crippen LogP contribution in [0.25, 0.3) is 21.8 Å². The first kappa shape index (κ1) is 21.2. The van der Waals surface area contributed by atoms with Gasteiger partial charge < -0.3 is 14.8 Å². The first-order chi connectivity index (χ1) is 16.0. The molecule has 166 valence electrons. The third kappa shape index (κ3) is 3.98. The number of benzene rings is 3. The van der Waals surface area contributed by atoms with Gasteiger partial charge in [0.25, 0.3) is 5.91 Å². The lowest BCUT2D eigenvalue weighted by Crippen LogP contribution is -2.29. The number of pyridine rings is 1. The number of rotatable bonds is 4. The van der Waals surface area contributed by atoms with Gasteiger partial charge in [-0.15, -0.1) is 0 Å². The molecule has 2 heterocycles. The lowest BCUT2D eigenvalue weighted by Gasteiger charge is -2.19. The highest BCUT2D eigenvalue weighted by Gasteiger charge is 2.23.